The highest BCUT2D eigenvalue weighted by molar-refractivity contribution is 6.51. The normalized spacial score (nSPS) is 16.2. The van der Waals surface area contributed by atoms with Crippen molar-refractivity contribution < 1.29 is 14.7 Å². The third kappa shape index (κ3) is 2.78. The van der Waals surface area contributed by atoms with Crippen molar-refractivity contribution in [3.63, 3.8) is 0 Å². The first-order valence-corrected chi connectivity index (χ1v) is 9.62. The van der Waals surface area contributed by atoms with Crippen LogP contribution in [0.5, 0.6) is 5.75 Å². The molecule has 4 aromatic rings. The van der Waals surface area contributed by atoms with Gasteiger partial charge in [0.15, 0.2) is 0 Å². The maximum Gasteiger partial charge on any atom is 0.271 e. The Labute approximate surface area is 175 Å². The van der Waals surface area contributed by atoms with Gasteiger partial charge in [-0.3, -0.25) is 24.6 Å². The molecule has 1 aliphatic heterocycles. The summed E-state index contributed by atoms with van der Waals surface area (Å²) in [6.45, 7) is 0. The van der Waals surface area contributed by atoms with Gasteiger partial charge in [0.25, 0.3) is 11.5 Å². The fraction of sp³-hybridized carbons (Fsp3) is 0.0417. The zero-order valence-electron chi connectivity index (χ0n) is 16.5. The van der Waals surface area contributed by atoms with Gasteiger partial charge in [-0.15, -0.1) is 0 Å². The van der Waals surface area contributed by atoms with Gasteiger partial charge in [-0.25, -0.2) is 0 Å². The number of aromatic amines is 2. The van der Waals surface area contributed by atoms with Crippen molar-refractivity contribution in [1.82, 2.24) is 10.2 Å². The number of hydrogen-bond donors (Lipinski definition) is 3. The van der Waals surface area contributed by atoms with E-state index < -0.39 is 17.2 Å². The summed E-state index contributed by atoms with van der Waals surface area (Å²) >= 11 is 0. The molecule has 0 saturated heterocycles. The molecule has 31 heavy (non-hydrogen) atoms. The molecule has 0 radical (unpaired) electrons. The monoisotopic (exact) mass is 411 g/mol. The van der Waals surface area contributed by atoms with Gasteiger partial charge in [-0.05, 0) is 35.0 Å². The van der Waals surface area contributed by atoms with Crippen molar-refractivity contribution in [3.8, 4) is 5.75 Å². The number of H-pyrrole nitrogens is 2. The SMILES string of the molecule is CN1C(=O)C(=c2[nH][nH]c(=O)c2=Cc2c(O)ccc3ccccc23)C(=O)c2ccccc21. The second-order valence-electron chi connectivity index (χ2n) is 7.32. The summed E-state index contributed by atoms with van der Waals surface area (Å²) in [4.78, 5) is 40.3. The van der Waals surface area contributed by atoms with E-state index in [2.05, 4.69) is 10.2 Å². The summed E-state index contributed by atoms with van der Waals surface area (Å²) < 4.78 is 0. The van der Waals surface area contributed by atoms with Crippen LogP contribution >= 0.6 is 0 Å². The Bertz CT molecular complexity index is 1580. The van der Waals surface area contributed by atoms with Gasteiger partial charge < -0.3 is 10.0 Å². The van der Waals surface area contributed by atoms with Crippen LogP contribution in [0.1, 0.15) is 15.9 Å². The number of para-hydroxylation sites is 1. The molecular weight excluding hydrogens is 394 g/mol. The van der Waals surface area contributed by atoms with Crippen molar-refractivity contribution in [2.45, 2.75) is 0 Å². The lowest BCUT2D eigenvalue weighted by Crippen LogP contribution is -2.44. The smallest absolute Gasteiger partial charge is 0.271 e. The van der Waals surface area contributed by atoms with Gasteiger partial charge in [0.2, 0.25) is 5.78 Å². The standard InChI is InChI=1S/C24H17N3O4/c1-27-18-9-5-4-8-15(18)22(29)20(24(27)31)21-17(23(30)26-25-21)12-16-14-7-3-2-6-13(14)10-11-19(16)28/h2-12,25,28H,1H3,(H,26,30). The Kier molecular flexibility index (Phi) is 4.11. The maximum absolute atomic E-state index is 13.2. The molecule has 152 valence electrons. The number of aromatic nitrogens is 2. The Morgan fingerprint density at radius 3 is 2.48 bits per heavy atom. The maximum atomic E-state index is 13.2. The van der Waals surface area contributed by atoms with Crippen molar-refractivity contribution in [2.24, 2.45) is 0 Å². The topological polar surface area (TPSA) is 106 Å². The molecule has 1 aromatic heterocycles. The molecule has 1 amide bonds. The summed E-state index contributed by atoms with van der Waals surface area (Å²) in [6.07, 6.45) is 1.50. The zero-order valence-corrected chi connectivity index (χ0v) is 16.5. The first-order chi connectivity index (χ1) is 15.0. The quantitative estimate of drug-likeness (QED) is 0.440. The number of anilines is 1. The number of phenolic OH excluding ortho intramolecular Hbond substituents is 1. The number of carbonyl (C=O) groups is 2. The highest BCUT2D eigenvalue weighted by Crippen LogP contribution is 2.29. The van der Waals surface area contributed by atoms with Gasteiger partial charge in [0.05, 0.1) is 16.3 Å². The van der Waals surface area contributed by atoms with E-state index in [4.69, 9.17) is 0 Å². The van der Waals surface area contributed by atoms with Crippen LogP contribution in [0, 0.1) is 0 Å². The first-order valence-electron chi connectivity index (χ1n) is 9.62. The number of aromatic hydroxyl groups is 1. The number of hydrogen-bond acceptors (Lipinski definition) is 4. The Hall–Kier alpha value is -4.39. The molecule has 0 spiro atoms. The number of amides is 1. The van der Waals surface area contributed by atoms with Gasteiger partial charge >= 0.3 is 0 Å². The minimum Gasteiger partial charge on any atom is -0.507 e. The largest absolute Gasteiger partial charge is 0.507 e. The van der Waals surface area contributed by atoms with Crippen LogP contribution in [-0.2, 0) is 4.79 Å². The predicted octanol–water partition coefficient (Wildman–Crippen LogP) is 1.40. The van der Waals surface area contributed by atoms with Gasteiger partial charge in [-0.1, -0.05) is 42.5 Å². The van der Waals surface area contributed by atoms with Crippen LogP contribution < -0.4 is 21.0 Å². The third-order valence-corrected chi connectivity index (χ3v) is 5.56. The number of ketones is 1. The van der Waals surface area contributed by atoms with E-state index in [0.29, 0.717) is 16.8 Å². The molecule has 7 nitrogen and oxygen atoms in total. The molecule has 1 aliphatic rings. The molecule has 0 fully saturated rings. The lowest BCUT2D eigenvalue weighted by molar-refractivity contribution is -0.113. The Balaban J connectivity index is 1.87. The minimum absolute atomic E-state index is 0.0148. The van der Waals surface area contributed by atoms with Crippen molar-refractivity contribution in [3.05, 3.63) is 92.7 Å². The van der Waals surface area contributed by atoms with E-state index in [1.807, 2.05) is 24.3 Å². The molecule has 7 heteroatoms. The van der Waals surface area contributed by atoms with E-state index in [1.54, 1.807) is 43.4 Å². The molecule has 3 aromatic carbocycles. The number of nitrogens with zero attached hydrogens (tertiary/aromatic N) is 1. The van der Waals surface area contributed by atoms with Gasteiger partial charge in [0, 0.05) is 18.2 Å². The summed E-state index contributed by atoms with van der Waals surface area (Å²) in [5, 5.41) is 17.4. The number of phenols is 1. The second-order valence-corrected chi connectivity index (χ2v) is 7.32. The molecule has 3 N–H and O–H groups in total. The molecule has 0 atom stereocenters. The summed E-state index contributed by atoms with van der Waals surface area (Å²) in [5.41, 5.74) is 0.675. The van der Waals surface area contributed by atoms with Gasteiger partial charge in [-0.2, -0.15) is 0 Å². The fourth-order valence-electron chi connectivity index (χ4n) is 3.97. The van der Waals surface area contributed by atoms with Crippen LogP contribution in [0.2, 0.25) is 0 Å². The Morgan fingerprint density at radius 2 is 1.65 bits per heavy atom. The van der Waals surface area contributed by atoms with Crippen LogP contribution in [0.3, 0.4) is 0 Å². The van der Waals surface area contributed by atoms with Crippen LogP contribution in [0.15, 0.2) is 65.5 Å². The molecule has 0 aliphatic carbocycles. The van der Waals surface area contributed by atoms with E-state index in [0.717, 1.165) is 10.8 Å². The average molecular weight is 411 g/mol. The second kappa shape index (κ2) is 6.84. The number of rotatable bonds is 1. The van der Waals surface area contributed by atoms with Crippen molar-refractivity contribution >= 4 is 39.8 Å². The zero-order chi connectivity index (χ0) is 21.7. The molecular formula is C24H17N3O4. The molecule has 0 unspecified atom stereocenters. The van der Waals surface area contributed by atoms with Crippen LogP contribution in [0.4, 0.5) is 5.69 Å². The predicted molar refractivity (Wildman–Crippen MR) is 117 cm³/mol. The lowest BCUT2D eigenvalue weighted by Gasteiger charge is -2.25. The summed E-state index contributed by atoms with van der Waals surface area (Å²) in [6, 6.07) is 17.6. The molecule has 0 bridgehead atoms. The van der Waals surface area contributed by atoms with E-state index in [1.165, 1.54) is 11.0 Å². The molecule has 5 rings (SSSR count). The number of fused-ring (bicyclic) bond motifs is 2. The summed E-state index contributed by atoms with van der Waals surface area (Å²) in [5.74, 6) is -1.000. The minimum atomic E-state index is -0.518. The molecule has 0 saturated carbocycles. The van der Waals surface area contributed by atoms with E-state index in [-0.39, 0.29) is 21.9 Å². The highest BCUT2D eigenvalue weighted by atomic mass is 16.3. The van der Waals surface area contributed by atoms with Gasteiger partial charge in [0.1, 0.15) is 11.3 Å². The first kappa shape index (κ1) is 18.6. The number of Topliss-reactive ketones (excluding diaryl/α,β-unsaturated/α-hetero) is 1. The number of benzene rings is 3. The van der Waals surface area contributed by atoms with E-state index >= 15 is 0 Å². The number of carbonyl (C=O) groups excluding carboxylic acids is 2. The molecule has 2 heterocycles. The van der Waals surface area contributed by atoms with Crippen molar-refractivity contribution in [1.29, 1.82) is 0 Å². The highest BCUT2D eigenvalue weighted by Gasteiger charge is 2.33. The number of nitrogens with one attached hydrogen (secondary N) is 2. The van der Waals surface area contributed by atoms with Crippen LogP contribution in [0.25, 0.3) is 22.4 Å². The van der Waals surface area contributed by atoms with E-state index in [9.17, 15) is 19.5 Å². The van der Waals surface area contributed by atoms with Crippen molar-refractivity contribution in [2.75, 3.05) is 11.9 Å². The summed E-state index contributed by atoms with van der Waals surface area (Å²) in [7, 11) is 1.58. The third-order valence-electron chi connectivity index (χ3n) is 5.56. The lowest BCUT2D eigenvalue weighted by atomic mass is 9.94. The Morgan fingerprint density at radius 1 is 0.903 bits per heavy atom. The van der Waals surface area contributed by atoms with Crippen LogP contribution in [-0.4, -0.2) is 34.0 Å². The fourth-order valence-corrected chi connectivity index (χ4v) is 3.97. The average Bonchev–Trinajstić information content (AvgIpc) is 3.14.